The van der Waals surface area contributed by atoms with E-state index in [4.69, 9.17) is 4.74 Å². The zero-order chi connectivity index (χ0) is 22.3. The van der Waals surface area contributed by atoms with Gasteiger partial charge in [0.2, 0.25) is 5.91 Å². The Morgan fingerprint density at radius 1 is 1.03 bits per heavy atom. The molecule has 3 rings (SSSR count). The van der Waals surface area contributed by atoms with Gasteiger partial charge in [0.05, 0.1) is 31.9 Å². The first-order valence-corrected chi connectivity index (χ1v) is 10.1. The lowest BCUT2D eigenvalue weighted by Gasteiger charge is -2.36. The average Bonchev–Trinajstić information content (AvgIpc) is 2.77. The number of urea groups is 1. The minimum absolute atomic E-state index is 0.0191. The van der Waals surface area contributed by atoms with Crippen molar-refractivity contribution in [1.82, 2.24) is 20.0 Å². The lowest BCUT2D eigenvalue weighted by atomic mass is 10.1. The Balaban J connectivity index is 1.40. The van der Waals surface area contributed by atoms with Crippen molar-refractivity contribution in [3.63, 3.8) is 0 Å². The van der Waals surface area contributed by atoms with Gasteiger partial charge in [0.1, 0.15) is 0 Å². The maximum Gasteiger partial charge on any atom is 0.416 e. The Bertz CT molecular complexity index is 836. The molecular formula is C21H25F3N4O3. The van der Waals surface area contributed by atoms with Crippen molar-refractivity contribution >= 4 is 11.9 Å². The number of nitrogens with one attached hydrogen (secondary N) is 1. The maximum atomic E-state index is 12.7. The minimum Gasteiger partial charge on any atom is -0.379 e. The average molecular weight is 438 g/mol. The molecule has 0 saturated carbocycles. The molecular weight excluding hydrogens is 413 g/mol. The fourth-order valence-corrected chi connectivity index (χ4v) is 3.36. The number of nitrogens with zero attached hydrogens (tertiary/aromatic N) is 3. The number of benzene rings is 1. The highest BCUT2D eigenvalue weighted by molar-refractivity contribution is 5.79. The Labute approximate surface area is 179 Å². The molecule has 2 heterocycles. The molecule has 168 valence electrons. The van der Waals surface area contributed by atoms with Crippen molar-refractivity contribution in [1.29, 1.82) is 0 Å². The van der Waals surface area contributed by atoms with Crippen LogP contribution in [0.5, 0.6) is 0 Å². The highest BCUT2D eigenvalue weighted by atomic mass is 19.4. The topological polar surface area (TPSA) is 65.1 Å². The Morgan fingerprint density at radius 3 is 2.39 bits per heavy atom. The first-order valence-electron chi connectivity index (χ1n) is 10.1. The molecule has 0 aliphatic carbocycles. The van der Waals surface area contributed by atoms with Crippen LogP contribution >= 0.6 is 0 Å². The van der Waals surface area contributed by atoms with Gasteiger partial charge in [-0.1, -0.05) is 17.9 Å². The van der Waals surface area contributed by atoms with Crippen LogP contribution in [0.2, 0.25) is 0 Å². The molecule has 2 aliphatic heterocycles. The second-order valence-corrected chi connectivity index (χ2v) is 7.30. The van der Waals surface area contributed by atoms with Crippen LogP contribution < -0.4 is 5.32 Å². The van der Waals surface area contributed by atoms with Crippen LogP contribution in [0.4, 0.5) is 18.0 Å². The lowest BCUT2D eigenvalue weighted by Crippen LogP contribution is -2.55. The van der Waals surface area contributed by atoms with E-state index in [1.165, 1.54) is 12.1 Å². The Hall–Kier alpha value is -2.77. The first-order chi connectivity index (χ1) is 14.8. The quantitative estimate of drug-likeness (QED) is 0.722. The summed E-state index contributed by atoms with van der Waals surface area (Å²) in [5.41, 5.74) is -0.527. The van der Waals surface area contributed by atoms with E-state index in [2.05, 4.69) is 22.1 Å². The Morgan fingerprint density at radius 2 is 1.71 bits per heavy atom. The van der Waals surface area contributed by atoms with Gasteiger partial charge >= 0.3 is 12.2 Å². The third-order valence-electron chi connectivity index (χ3n) is 5.13. The van der Waals surface area contributed by atoms with E-state index in [0.717, 1.165) is 25.2 Å². The summed E-state index contributed by atoms with van der Waals surface area (Å²) in [6.45, 7) is 4.91. The largest absolute Gasteiger partial charge is 0.416 e. The highest BCUT2D eigenvalue weighted by Crippen LogP contribution is 2.29. The number of piperazine rings is 1. The summed E-state index contributed by atoms with van der Waals surface area (Å²) in [5, 5.41) is 2.64. The summed E-state index contributed by atoms with van der Waals surface area (Å²) in [5.74, 6) is 5.34. The number of morpholine rings is 1. The van der Waals surface area contributed by atoms with Crippen molar-refractivity contribution < 1.29 is 27.5 Å². The number of hydrogen-bond acceptors (Lipinski definition) is 4. The van der Waals surface area contributed by atoms with Gasteiger partial charge in [-0.3, -0.25) is 9.69 Å². The van der Waals surface area contributed by atoms with Gasteiger partial charge in [-0.05, 0) is 18.2 Å². The number of hydrogen-bond donors (Lipinski definition) is 1. The van der Waals surface area contributed by atoms with Crippen LogP contribution in [-0.4, -0.2) is 92.2 Å². The number of halogens is 3. The monoisotopic (exact) mass is 438 g/mol. The van der Waals surface area contributed by atoms with Crippen LogP contribution in [0, 0.1) is 11.8 Å². The van der Waals surface area contributed by atoms with Crippen molar-refractivity contribution in [3.05, 3.63) is 35.4 Å². The van der Waals surface area contributed by atoms with Gasteiger partial charge in [-0.2, -0.15) is 13.2 Å². The van der Waals surface area contributed by atoms with Gasteiger partial charge in [0.15, 0.2) is 0 Å². The first kappa shape index (κ1) is 22.9. The fraction of sp³-hybridized carbons (Fsp3) is 0.524. The molecule has 2 aliphatic rings. The predicted molar refractivity (Wildman–Crippen MR) is 107 cm³/mol. The van der Waals surface area contributed by atoms with Gasteiger partial charge < -0.3 is 19.9 Å². The van der Waals surface area contributed by atoms with Gasteiger partial charge in [-0.25, -0.2) is 4.79 Å². The van der Waals surface area contributed by atoms with Crippen LogP contribution in [0.15, 0.2) is 24.3 Å². The standard InChI is InChI=1S/C21H25F3N4O3/c22-21(23,24)18-5-1-3-17(15-18)4-2-6-25-20(30)28-9-7-27(8-10-28)19(29)16-26-11-13-31-14-12-26/h1,3,5,15H,6-14,16H2,(H,25,30). The Kier molecular flexibility index (Phi) is 7.76. The molecule has 2 fully saturated rings. The zero-order valence-corrected chi connectivity index (χ0v) is 17.1. The minimum atomic E-state index is -4.42. The van der Waals surface area contributed by atoms with E-state index < -0.39 is 11.7 Å². The molecule has 1 N–H and O–H groups in total. The fourth-order valence-electron chi connectivity index (χ4n) is 3.36. The molecule has 2 saturated heterocycles. The zero-order valence-electron chi connectivity index (χ0n) is 17.1. The lowest BCUT2D eigenvalue weighted by molar-refractivity contribution is -0.137. The van der Waals surface area contributed by atoms with Crippen molar-refractivity contribution in [3.8, 4) is 11.8 Å². The molecule has 1 aromatic carbocycles. The van der Waals surface area contributed by atoms with Crippen LogP contribution in [-0.2, 0) is 15.7 Å². The van der Waals surface area contributed by atoms with E-state index >= 15 is 0 Å². The SMILES string of the molecule is O=C(CN1CCOCC1)N1CCN(C(=O)NCC#Cc2cccc(C(F)(F)F)c2)CC1. The molecule has 7 nitrogen and oxygen atoms in total. The summed E-state index contributed by atoms with van der Waals surface area (Å²) in [7, 11) is 0. The number of carbonyl (C=O) groups excluding carboxylic acids is 2. The van der Waals surface area contributed by atoms with Gasteiger partial charge in [-0.15, -0.1) is 0 Å². The van der Waals surface area contributed by atoms with Gasteiger partial charge in [0.25, 0.3) is 0 Å². The molecule has 0 radical (unpaired) electrons. The van der Waals surface area contributed by atoms with Crippen molar-refractivity contribution in [2.45, 2.75) is 6.18 Å². The summed E-state index contributed by atoms with van der Waals surface area (Å²) in [6, 6.07) is 4.43. The summed E-state index contributed by atoms with van der Waals surface area (Å²) < 4.78 is 43.4. The second-order valence-electron chi connectivity index (χ2n) is 7.30. The summed E-state index contributed by atoms with van der Waals surface area (Å²) in [6.07, 6.45) is -4.42. The molecule has 3 amide bonds. The molecule has 31 heavy (non-hydrogen) atoms. The maximum absolute atomic E-state index is 12.7. The molecule has 0 atom stereocenters. The molecule has 0 bridgehead atoms. The number of ether oxygens (including phenoxy) is 1. The normalized spacial score (nSPS) is 17.6. The highest BCUT2D eigenvalue weighted by Gasteiger charge is 2.30. The smallest absolute Gasteiger partial charge is 0.379 e. The van der Waals surface area contributed by atoms with E-state index in [1.54, 1.807) is 9.80 Å². The van der Waals surface area contributed by atoms with Crippen molar-refractivity contribution in [2.24, 2.45) is 0 Å². The number of rotatable bonds is 3. The molecule has 0 aromatic heterocycles. The third-order valence-corrected chi connectivity index (χ3v) is 5.13. The predicted octanol–water partition coefficient (Wildman–Crippen LogP) is 1.24. The number of alkyl halides is 3. The van der Waals surface area contributed by atoms with Crippen LogP contribution in [0.1, 0.15) is 11.1 Å². The molecule has 1 aromatic rings. The summed E-state index contributed by atoms with van der Waals surface area (Å²) >= 11 is 0. The summed E-state index contributed by atoms with van der Waals surface area (Å²) in [4.78, 5) is 30.1. The van der Waals surface area contributed by atoms with Crippen LogP contribution in [0.25, 0.3) is 0 Å². The van der Waals surface area contributed by atoms with Crippen LogP contribution in [0.3, 0.4) is 0 Å². The molecule has 10 heteroatoms. The van der Waals surface area contributed by atoms with E-state index in [-0.39, 0.29) is 24.0 Å². The third kappa shape index (κ3) is 6.87. The molecule has 0 spiro atoms. The molecule has 0 unspecified atom stereocenters. The van der Waals surface area contributed by atoms with E-state index in [0.29, 0.717) is 45.9 Å². The van der Waals surface area contributed by atoms with E-state index in [9.17, 15) is 22.8 Å². The number of carbonyl (C=O) groups is 2. The van der Waals surface area contributed by atoms with Gasteiger partial charge in [0, 0.05) is 44.8 Å². The van der Waals surface area contributed by atoms with E-state index in [1.807, 2.05) is 0 Å². The number of amides is 3. The van der Waals surface area contributed by atoms with Crippen molar-refractivity contribution in [2.75, 3.05) is 65.6 Å². The second kappa shape index (κ2) is 10.5.